The van der Waals surface area contributed by atoms with Crippen LogP contribution in [0.2, 0.25) is 0 Å². The van der Waals surface area contributed by atoms with Crippen LogP contribution in [0.25, 0.3) is 0 Å². The number of alkyl halides is 1. The molecule has 0 spiro atoms. The highest BCUT2D eigenvalue weighted by Crippen LogP contribution is 2.11. The standard InChI is InChI=1S/C17H26ClNO4/c1-17(2,3)23-16(21)19(10-9-18)11-15(20)13-22-12-14-7-5-4-6-8-14/h4-8,15,20H,9-13H2,1-3H3/t15-/m1/s1. The van der Waals surface area contributed by atoms with E-state index in [4.69, 9.17) is 21.1 Å². The number of carbonyl (C=O) groups excluding carboxylic acids is 1. The van der Waals surface area contributed by atoms with Gasteiger partial charge < -0.3 is 19.5 Å². The van der Waals surface area contributed by atoms with Crippen molar-refractivity contribution in [3.63, 3.8) is 0 Å². The molecule has 0 fully saturated rings. The minimum Gasteiger partial charge on any atom is -0.444 e. The van der Waals surface area contributed by atoms with Gasteiger partial charge in [-0.1, -0.05) is 30.3 Å². The molecule has 0 heterocycles. The SMILES string of the molecule is CC(C)(C)OC(=O)N(CCCl)C[C@@H](O)COCc1ccccc1. The third-order valence-electron chi connectivity index (χ3n) is 2.86. The highest BCUT2D eigenvalue weighted by atomic mass is 35.5. The van der Waals surface area contributed by atoms with Gasteiger partial charge in [0.05, 0.1) is 25.9 Å². The van der Waals surface area contributed by atoms with Crippen LogP contribution in [0.4, 0.5) is 4.79 Å². The quantitative estimate of drug-likeness (QED) is 0.737. The summed E-state index contributed by atoms with van der Waals surface area (Å²) >= 11 is 5.72. The zero-order chi connectivity index (χ0) is 17.3. The Hall–Kier alpha value is -1.30. The maximum absolute atomic E-state index is 12.1. The van der Waals surface area contributed by atoms with Gasteiger partial charge >= 0.3 is 6.09 Å². The predicted molar refractivity (Wildman–Crippen MR) is 90.6 cm³/mol. The number of hydrogen-bond donors (Lipinski definition) is 1. The van der Waals surface area contributed by atoms with Gasteiger partial charge in [-0.25, -0.2) is 4.79 Å². The van der Waals surface area contributed by atoms with E-state index in [0.717, 1.165) is 5.56 Å². The van der Waals surface area contributed by atoms with Crippen LogP contribution in [0.5, 0.6) is 0 Å². The lowest BCUT2D eigenvalue weighted by Crippen LogP contribution is -2.43. The van der Waals surface area contributed by atoms with Gasteiger partial charge in [-0.3, -0.25) is 0 Å². The number of benzene rings is 1. The maximum Gasteiger partial charge on any atom is 0.410 e. The Labute approximate surface area is 143 Å². The Kier molecular flexibility index (Phi) is 8.37. The topological polar surface area (TPSA) is 59.0 Å². The summed E-state index contributed by atoms with van der Waals surface area (Å²) in [4.78, 5) is 13.5. The van der Waals surface area contributed by atoms with E-state index in [0.29, 0.717) is 13.2 Å². The van der Waals surface area contributed by atoms with E-state index < -0.39 is 17.8 Å². The smallest absolute Gasteiger partial charge is 0.410 e. The number of ether oxygens (including phenoxy) is 2. The fourth-order valence-corrected chi connectivity index (χ4v) is 2.08. The summed E-state index contributed by atoms with van der Waals surface area (Å²) in [7, 11) is 0. The van der Waals surface area contributed by atoms with E-state index in [9.17, 15) is 9.90 Å². The molecular weight excluding hydrogens is 318 g/mol. The van der Waals surface area contributed by atoms with Crippen LogP contribution >= 0.6 is 11.6 Å². The summed E-state index contributed by atoms with van der Waals surface area (Å²) < 4.78 is 10.8. The summed E-state index contributed by atoms with van der Waals surface area (Å²) in [5.74, 6) is 0.275. The second kappa shape index (κ2) is 9.75. The van der Waals surface area contributed by atoms with Crippen LogP contribution in [0.3, 0.4) is 0 Å². The Bertz CT molecular complexity index is 461. The normalized spacial score (nSPS) is 12.7. The lowest BCUT2D eigenvalue weighted by atomic mass is 10.2. The predicted octanol–water partition coefficient (Wildman–Crippen LogP) is 3.04. The molecule has 1 atom stereocenters. The van der Waals surface area contributed by atoms with Gasteiger partial charge in [0.15, 0.2) is 0 Å². The number of nitrogens with zero attached hydrogens (tertiary/aromatic N) is 1. The Morgan fingerprint density at radius 2 is 1.96 bits per heavy atom. The van der Waals surface area contributed by atoms with Crippen molar-refractivity contribution < 1.29 is 19.4 Å². The molecule has 130 valence electrons. The van der Waals surface area contributed by atoms with Gasteiger partial charge in [0.2, 0.25) is 0 Å². The Balaban J connectivity index is 2.41. The summed E-state index contributed by atoms with van der Waals surface area (Å²) in [6, 6.07) is 9.70. The van der Waals surface area contributed by atoms with Gasteiger partial charge in [-0.05, 0) is 26.3 Å². The minimum absolute atomic E-state index is 0.121. The van der Waals surface area contributed by atoms with Gasteiger partial charge in [-0.2, -0.15) is 0 Å². The third-order valence-corrected chi connectivity index (χ3v) is 3.03. The van der Waals surface area contributed by atoms with Crippen molar-refractivity contribution in [2.75, 3.05) is 25.6 Å². The molecule has 1 amide bonds. The molecule has 0 aliphatic heterocycles. The minimum atomic E-state index is -0.797. The van der Waals surface area contributed by atoms with E-state index in [-0.39, 0.29) is 19.0 Å². The van der Waals surface area contributed by atoms with Crippen molar-refractivity contribution in [1.29, 1.82) is 0 Å². The Morgan fingerprint density at radius 3 is 2.52 bits per heavy atom. The first-order valence-corrected chi connectivity index (χ1v) is 8.19. The molecule has 0 unspecified atom stereocenters. The number of aliphatic hydroxyl groups excluding tert-OH is 1. The zero-order valence-electron chi connectivity index (χ0n) is 14.0. The number of halogens is 1. The second-order valence-electron chi connectivity index (χ2n) is 6.27. The molecule has 0 aliphatic carbocycles. The Morgan fingerprint density at radius 1 is 1.30 bits per heavy atom. The maximum atomic E-state index is 12.1. The van der Waals surface area contributed by atoms with Gasteiger partial charge in [0, 0.05) is 12.4 Å². The highest BCUT2D eigenvalue weighted by Gasteiger charge is 2.23. The fraction of sp³-hybridized carbons (Fsp3) is 0.588. The molecule has 0 saturated carbocycles. The molecule has 0 bridgehead atoms. The van der Waals surface area contributed by atoms with Crippen LogP contribution in [-0.4, -0.2) is 53.4 Å². The molecule has 1 rings (SSSR count). The molecule has 0 aromatic heterocycles. The van der Waals surface area contributed by atoms with Crippen LogP contribution in [0.15, 0.2) is 30.3 Å². The van der Waals surface area contributed by atoms with Crippen molar-refractivity contribution in [3.8, 4) is 0 Å². The third kappa shape index (κ3) is 8.79. The first-order chi connectivity index (χ1) is 10.8. The highest BCUT2D eigenvalue weighted by molar-refractivity contribution is 6.18. The monoisotopic (exact) mass is 343 g/mol. The number of carbonyl (C=O) groups is 1. The van der Waals surface area contributed by atoms with E-state index in [1.54, 1.807) is 20.8 Å². The molecule has 0 aliphatic rings. The largest absolute Gasteiger partial charge is 0.444 e. The lowest BCUT2D eigenvalue weighted by Gasteiger charge is -2.28. The zero-order valence-corrected chi connectivity index (χ0v) is 14.8. The van der Waals surface area contributed by atoms with E-state index >= 15 is 0 Å². The van der Waals surface area contributed by atoms with Crippen LogP contribution in [-0.2, 0) is 16.1 Å². The van der Waals surface area contributed by atoms with Crippen molar-refractivity contribution in [3.05, 3.63) is 35.9 Å². The summed E-state index contributed by atoms with van der Waals surface area (Å²) in [6.45, 7) is 6.37. The van der Waals surface area contributed by atoms with E-state index in [1.807, 2.05) is 30.3 Å². The summed E-state index contributed by atoms with van der Waals surface area (Å²) in [5, 5.41) is 10.1. The van der Waals surface area contributed by atoms with Crippen molar-refractivity contribution in [2.24, 2.45) is 0 Å². The van der Waals surface area contributed by atoms with Crippen molar-refractivity contribution in [1.82, 2.24) is 4.90 Å². The number of aliphatic hydroxyl groups is 1. The van der Waals surface area contributed by atoms with Gasteiger partial charge in [-0.15, -0.1) is 11.6 Å². The van der Waals surface area contributed by atoms with Crippen molar-refractivity contribution in [2.45, 2.75) is 39.1 Å². The molecule has 0 saturated heterocycles. The average Bonchev–Trinajstić information content (AvgIpc) is 2.46. The molecule has 6 heteroatoms. The summed E-state index contributed by atoms with van der Waals surface area (Å²) in [6.07, 6.45) is -1.28. The molecule has 1 N–H and O–H groups in total. The molecule has 5 nitrogen and oxygen atoms in total. The number of rotatable bonds is 8. The molecule has 1 aromatic rings. The molecule has 0 radical (unpaired) electrons. The fourth-order valence-electron chi connectivity index (χ4n) is 1.88. The summed E-state index contributed by atoms with van der Waals surface area (Å²) in [5.41, 5.74) is 0.445. The van der Waals surface area contributed by atoms with Crippen LogP contribution < -0.4 is 0 Å². The van der Waals surface area contributed by atoms with Gasteiger partial charge in [0.1, 0.15) is 5.60 Å². The molecular formula is C17H26ClNO4. The van der Waals surface area contributed by atoms with E-state index in [2.05, 4.69) is 0 Å². The van der Waals surface area contributed by atoms with Crippen LogP contribution in [0, 0.1) is 0 Å². The average molecular weight is 344 g/mol. The van der Waals surface area contributed by atoms with Crippen LogP contribution in [0.1, 0.15) is 26.3 Å². The van der Waals surface area contributed by atoms with E-state index in [1.165, 1.54) is 4.90 Å². The molecule has 23 heavy (non-hydrogen) atoms. The second-order valence-corrected chi connectivity index (χ2v) is 6.65. The first-order valence-electron chi connectivity index (χ1n) is 7.65. The van der Waals surface area contributed by atoms with Crippen molar-refractivity contribution >= 4 is 17.7 Å². The van der Waals surface area contributed by atoms with Gasteiger partial charge in [0.25, 0.3) is 0 Å². The lowest BCUT2D eigenvalue weighted by molar-refractivity contribution is -0.00689. The number of amides is 1. The molecule has 1 aromatic carbocycles. The first kappa shape index (κ1) is 19.7. The number of hydrogen-bond acceptors (Lipinski definition) is 4.